The molecule has 26 heavy (non-hydrogen) atoms. The number of carbonyl (C=O) groups excluding carboxylic acids is 2. The van der Waals surface area contributed by atoms with Gasteiger partial charge in [0.25, 0.3) is 5.91 Å². The molecule has 2 aromatic rings. The second-order valence-corrected chi connectivity index (χ2v) is 5.96. The number of carbonyl (C=O) groups is 2. The maximum Gasteiger partial charge on any atom is 0.253 e. The Morgan fingerprint density at radius 3 is 2.35 bits per heavy atom. The molecule has 0 aliphatic carbocycles. The van der Waals surface area contributed by atoms with Crippen molar-refractivity contribution < 1.29 is 14.0 Å². The molecule has 0 saturated carbocycles. The normalized spacial score (nSPS) is 10.8. The first-order valence-electron chi connectivity index (χ1n) is 8.28. The number of nitrogens with one attached hydrogen (secondary N) is 1. The lowest BCUT2D eigenvalue weighted by atomic mass is 10.1. The highest BCUT2D eigenvalue weighted by Crippen LogP contribution is 2.17. The number of halogens is 2. The zero-order valence-corrected chi connectivity index (χ0v) is 15.4. The lowest BCUT2D eigenvalue weighted by molar-refractivity contribution is -0.111. The lowest BCUT2D eigenvalue weighted by Crippen LogP contribution is -2.30. The fourth-order valence-corrected chi connectivity index (χ4v) is 2.55. The highest BCUT2D eigenvalue weighted by Gasteiger charge is 2.12. The third-order valence-corrected chi connectivity index (χ3v) is 4.11. The summed E-state index contributed by atoms with van der Waals surface area (Å²) in [6, 6.07) is 10.9. The SMILES string of the molecule is CCN(CC)C(=O)c1ccc(NC(=O)/C=C/c2ccc(F)c(Cl)c2)cc1. The van der Waals surface area contributed by atoms with Gasteiger partial charge in [-0.3, -0.25) is 9.59 Å². The summed E-state index contributed by atoms with van der Waals surface area (Å²) >= 11 is 5.70. The minimum atomic E-state index is -0.507. The van der Waals surface area contributed by atoms with Gasteiger partial charge in [0.15, 0.2) is 0 Å². The highest BCUT2D eigenvalue weighted by molar-refractivity contribution is 6.30. The monoisotopic (exact) mass is 374 g/mol. The van der Waals surface area contributed by atoms with E-state index in [9.17, 15) is 14.0 Å². The third kappa shape index (κ3) is 5.17. The molecule has 0 bridgehead atoms. The molecular formula is C20H20ClFN2O2. The highest BCUT2D eigenvalue weighted by atomic mass is 35.5. The van der Waals surface area contributed by atoms with Crippen LogP contribution in [0.25, 0.3) is 6.08 Å². The van der Waals surface area contributed by atoms with Crippen LogP contribution in [0.3, 0.4) is 0 Å². The number of hydrogen-bond donors (Lipinski definition) is 1. The summed E-state index contributed by atoms with van der Waals surface area (Å²) in [5.41, 5.74) is 1.77. The predicted octanol–water partition coefficient (Wildman–Crippen LogP) is 4.61. The van der Waals surface area contributed by atoms with Crippen LogP contribution < -0.4 is 5.32 Å². The van der Waals surface area contributed by atoms with Crippen molar-refractivity contribution in [2.24, 2.45) is 0 Å². The van der Waals surface area contributed by atoms with Crippen LogP contribution in [0, 0.1) is 5.82 Å². The second kappa shape index (κ2) is 9.15. The van der Waals surface area contributed by atoms with Gasteiger partial charge in [0.2, 0.25) is 5.91 Å². The summed E-state index contributed by atoms with van der Waals surface area (Å²) in [6.07, 6.45) is 2.87. The first-order chi connectivity index (χ1) is 12.4. The number of rotatable bonds is 6. The van der Waals surface area contributed by atoms with E-state index in [4.69, 9.17) is 11.6 Å². The number of benzene rings is 2. The first-order valence-corrected chi connectivity index (χ1v) is 8.65. The van der Waals surface area contributed by atoms with Crippen LogP contribution >= 0.6 is 11.6 Å². The van der Waals surface area contributed by atoms with E-state index in [1.165, 1.54) is 24.3 Å². The molecule has 0 unspecified atom stereocenters. The molecule has 136 valence electrons. The molecule has 0 aliphatic heterocycles. The van der Waals surface area contributed by atoms with Crippen molar-refractivity contribution in [1.82, 2.24) is 4.90 Å². The summed E-state index contributed by atoms with van der Waals surface area (Å²) in [4.78, 5) is 25.9. The zero-order chi connectivity index (χ0) is 19.1. The van der Waals surface area contributed by atoms with Crippen molar-refractivity contribution in [1.29, 1.82) is 0 Å². The molecule has 4 nitrogen and oxygen atoms in total. The van der Waals surface area contributed by atoms with Gasteiger partial charge >= 0.3 is 0 Å². The van der Waals surface area contributed by atoms with Gasteiger partial charge in [-0.05, 0) is 61.9 Å². The Bertz CT molecular complexity index is 815. The van der Waals surface area contributed by atoms with E-state index in [1.54, 1.807) is 35.2 Å². The largest absolute Gasteiger partial charge is 0.339 e. The Hall–Kier alpha value is -2.66. The van der Waals surface area contributed by atoms with Crippen molar-refractivity contribution in [3.05, 3.63) is 70.5 Å². The molecule has 0 atom stereocenters. The number of anilines is 1. The van der Waals surface area contributed by atoms with Crippen LogP contribution in [-0.4, -0.2) is 29.8 Å². The Labute approximate surface area is 157 Å². The molecule has 2 rings (SSSR count). The summed E-state index contributed by atoms with van der Waals surface area (Å²) in [7, 11) is 0. The summed E-state index contributed by atoms with van der Waals surface area (Å²) < 4.78 is 13.1. The fraction of sp³-hybridized carbons (Fsp3) is 0.200. The Morgan fingerprint density at radius 2 is 1.77 bits per heavy atom. The van der Waals surface area contributed by atoms with E-state index in [2.05, 4.69) is 5.32 Å². The smallest absolute Gasteiger partial charge is 0.253 e. The Balaban J connectivity index is 1.99. The standard InChI is InChI=1S/C20H20ClFN2O2/c1-3-24(4-2)20(26)15-7-9-16(10-8-15)23-19(25)12-6-14-5-11-18(22)17(21)13-14/h5-13H,3-4H2,1-2H3,(H,23,25)/b12-6+. The van der Waals surface area contributed by atoms with E-state index >= 15 is 0 Å². The van der Waals surface area contributed by atoms with E-state index in [1.807, 2.05) is 13.8 Å². The van der Waals surface area contributed by atoms with Gasteiger partial charge in [-0.1, -0.05) is 17.7 Å². The molecule has 2 aromatic carbocycles. The van der Waals surface area contributed by atoms with Crippen molar-refractivity contribution in [3.8, 4) is 0 Å². The predicted molar refractivity (Wildman–Crippen MR) is 103 cm³/mol. The van der Waals surface area contributed by atoms with Crippen LogP contribution in [-0.2, 0) is 4.79 Å². The van der Waals surface area contributed by atoms with Gasteiger partial charge in [0.05, 0.1) is 5.02 Å². The molecule has 0 spiro atoms. The summed E-state index contributed by atoms with van der Waals surface area (Å²) in [5.74, 6) is -0.887. The number of nitrogens with zero attached hydrogens (tertiary/aromatic N) is 1. The van der Waals surface area contributed by atoms with Crippen LogP contribution in [0.5, 0.6) is 0 Å². The first kappa shape index (κ1) is 19.7. The topological polar surface area (TPSA) is 49.4 Å². The quantitative estimate of drug-likeness (QED) is 0.750. The van der Waals surface area contributed by atoms with E-state index in [-0.39, 0.29) is 16.8 Å². The average molecular weight is 375 g/mol. The molecule has 0 fully saturated rings. The van der Waals surface area contributed by atoms with E-state index in [0.717, 1.165) is 0 Å². The third-order valence-electron chi connectivity index (χ3n) is 3.82. The van der Waals surface area contributed by atoms with Crippen molar-refractivity contribution >= 4 is 35.2 Å². The Kier molecular flexibility index (Phi) is 6.92. The molecule has 2 amide bonds. The molecule has 0 saturated heterocycles. The molecular weight excluding hydrogens is 355 g/mol. The van der Waals surface area contributed by atoms with E-state index in [0.29, 0.717) is 29.9 Å². The zero-order valence-electron chi connectivity index (χ0n) is 14.6. The van der Waals surface area contributed by atoms with Gasteiger partial charge in [0.1, 0.15) is 5.82 Å². The van der Waals surface area contributed by atoms with Crippen LogP contribution in [0.1, 0.15) is 29.8 Å². The second-order valence-electron chi connectivity index (χ2n) is 5.55. The van der Waals surface area contributed by atoms with Gasteiger partial charge < -0.3 is 10.2 Å². The molecule has 0 aromatic heterocycles. The van der Waals surface area contributed by atoms with Crippen molar-refractivity contribution in [3.63, 3.8) is 0 Å². The van der Waals surface area contributed by atoms with Crippen molar-refractivity contribution in [2.75, 3.05) is 18.4 Å². The fourth-order valence-electron chi connectivity index (χ4n) is 2.36. The molecule has 6 heteroatoms. The van der Waals surface area contributed by atoms with E-state index < -0.39 is 5.82 Å². The molecule has 0 heterocycles. The molecule has 1 N–H and O–H groups in total. The molecule has 0 aliphatic rings. The lowest BCUT2D eigenvalue weighted by Gasteiger charge is -2.18. The maximum absolute atomic E-state index is 13.1. The number of amides is 2. The molecule has 0 radical (unpaired) electrons. The summed E-state index contributed by atoms with van der Waals surface area (Å²) in [6.45, 7) is 5.14. The Morgan fingerprint density at radius 1 is 1.12 bits per heavy atom. The van der Waals surface area contributed by atoms with Gasteiger partial charge in [-0.2, -0.15) is 0 Å². The summed E-state index contributed by atoms with van der Waals surface area (Å²) in [5, 5.41) is 2.70. The van der Waals surface area contributed by atoms with Crippen LogP contribution in [0.4, 0.5) is 10.1 Å². The average Bonchev–Trinajstić information content (AvgIpc) is 2.64. The minimum Gasteiger partial charge on any atom is -0.339 e. The van der Waals surface area contributed by atoms with Crippen LogP contribution in [0.15, 0.2) is 48.5 Å². The van der Waals surface area contributed by atoms with Crippen molar-refractivity contribution in [2.45, 2.75) is 13.8 Å². The number of hydrogen-bond acceptors (Lipinski definition) is 2. The minimum absolute atomic E-state index is 0.000941. The van der Waals surface area contributed by atoms with Gasteiger partial charge in [-0.25, -0.2) is 4.39 Å². The van der Waals surface area contributed by atoms with Gasteiger partial charge in [-0.15, -0.1) is 0 Å². The van der Waals surface area contributed by atoms with Gasteiger partial charge in [0, 0.05) is 30.4 Å². The van der Waals surface area contributed by atoms with Crippen LogP contribution in [0.2, 0.25) is 5.02 Å². The maximum atomic E-state index is 13.1.